The highest BCUT2D eigenvalue weighted by atomic mass is 32.2. The first-order valence-electron chi connectivity index (χ1n) is 7.93. The van der Waals surface area contributed by atoms with Crippen molar-refractivity contribution in [1.82, 2.24) is 10.6 Å². The molecular weight excluding hydrogens is 374 g/mol. The van der Waals surface area contributed by atoms with Crippen LogP contribution in [0.15, 0.2) is 24.3 Å². The number of rotatable bonds is 9. The summed E-state index contributed by atoms with van der Waals surface area (Å²) in [6.45, 7) is 3.02. The number of carbonyl (C=O) groups is 4. The fourth-order valence-corrected chi connectivity index (χ4v) is 2.86. The first-order valence-corrected chi connectivity index (χ1v) is 9.90. The summed E-state index contributed by atoms with van der Waals surface area (Å²) >= 11 is 1.86. The summed E-state index contributed by atoms with van der Waals surface area (Å²) in [5, 5.41) is 5.27. The van der Waals surface area contributed by atoms with E-state index < -0.39 is 0 Å². The van der Waals surface area contributed by atoms with Crippen molar-refractivity contribution in [3.63, 3.8) is 0 Å². The lowest BCUT2D eigenvalue weighted by Gasteiger charge is -2.19. The molecule has 4 N–H and O–H groups in total. The van der Waals surface area contributed by atoms with E-state index in [1.165, 1.54) is 13.8 Å². The minimum Gasteiger partial charge on any atom is -0.399 e. The molecule has 9 heteroatoms. The van der Waals surface area contributed by atoms with Crippen molar-refractivity contribution < 1.29 is 19.2 Å². The Morgan fingerprint density at radius 2 is 1.50 bits per heavy atom. The van der Waals surface area contributed by atoms with Crippen molar-refractivity contribution >= 4 is 51.3 Å². The zero-order chi connectivity index (χ0) is 19.5. The number of thioether (sulfide) groups is 2. The van der Waals surface area contributed by atoms with E-state index in [9.17, 15) is 19.2 Å². The van der Waals surface area contributed by atoms with Crippen molar-refractivity contribution in [2.75, 3.05) is 23.8 Å². The highest BCUT2D eigenvalue weighted by Gasteiger charge is 2.15. The molecule has 2 amide bonds. The Labute approximate surface area is 161 Å². The molecule has 1 unspecified atom stereocenters. The predicted octanol–water partition coefficient (Wildman–Crippen LogP) is 0.972. The summed E-state index contributed by atoms with van der Waals surface area (Å²) in [7, 11) is 0. The molecule has 1 aromatic carbocycles. The van der Waals surface area contributed by atoms with Gasteiger partial charge in [0.25, 0.3) is 0 Å². The number of amides is 2. The van der Waals surface area contributed by atoms with Crippen molar-refractivity contribution in [3.05, 3.63) is 29.8 Å². The number of carbonyl (C=O) groups excluding carboxylic acids is 4. The Morgan fingerprint density at radius 1 is 0.962 bits per heavy atom. The molecule has 1 atom stereocenters. The fraction of sp³-hybridized carbons (Fsp3) is 0.412. The Kier molecular flexibility index (Phi) is 9.82. The number of anilines is 1. The number of nitrogens with one attached hydrogen (secondary N) is 2. The Morgan fingerprint density at radius 3 is 2.04 bits per heavy atom. The topological polar surface area (TPSA) is 118 Å². The van der Waals surface area contributed by atoms with E-state index in [1.807, 2.05) is 12.1 Å². The van der Waals surface area contributed by atoms with Crippen LogP contribution in [0.2, 0.25) is 0 Å². The maximum Gasteiger partial charge on any atom is 0.230 e. The lowest BCUT2D eigenvalue weighted by molar-refractivity contribution is -0.121. The highest BCUT2D eigenvalue weighted by Crippen LogP contribution is 2.09. The van der Waals surface area contributed by atoms with Gasteiger partial charge in [0.1, 0.15) is 0 Å². The molecule has 0 radical (unpaired) electrons. The van der Waals surface area contributed by atoms with Gasteiger partial charge in [-0.1, -0.05) is 35.7 Å². The second-order valence-corrected chi connectivity index (χ2v) is 7.88. The van der Waals surface area contributed by atoms with Gasteiger partial charge in [-0.15, -0.1) is 0 Å². The van der Waals surface area contributed by atoms with E-state index in [4.69, 9.17) is 5.73 Å². The smallest absolute Gasteiger partial charge is 0.230 e. The van der Waals surface area contributed by atoms with Crippen molar-refractivity contribution in [1.29, 1.82) is 0 Å². The lowest BCUT2D eigenvalue weighted by Crippen LogP contribution is -2.46. The van der Waals surface area contributed by atoms with Crippen molar-refractivity contribution in [2.45, 2.75) is 26.3 Å². The molecule has 7 nitrogen and oxygen atoms in total. The molecule has 0 aliphatic rings. The van der Waals surface area contributed by atoms with Gasteiger partial charge in [-0.05, 0) is 24.1 Å². The van der Waals surface area contributed by atoms with Gasteiger partial charge in [0.05, 0.1) is 17.5 Å². The van der Waals surface area contributed by atoms with Crippen LogP contribution in [0.3, 0.4) is 0 Å². The van der Waals surface area contributed by atoms with Gasteiger partial charge in [0, 0.05) is 26.1 Å². The molecule has 1 rings (SSSR count). The SMILES string of the molecule is CC(=O)SCC(=O)NCC(Cc1ccc(N)cc1)NC(=O)CSC(C)=O. The van der Waals surface area contributed by atoms with E-state index in [1.54, 1.807) is 12.1 Å². The van der Waals surface area contributed by atoms with Crippen LogP contribution in [-0.4, -0.2) is 46.1 Å². The number of hydrogen-bond acceptors (Lipinski definition) is 7. The second kappa shape index (κ2) is 11.6. The molecule has 142 valence electrons. The van der Waals surface area contributed by atoms with Gasteiger partial charge in [-0.2, -0.15) is 0 Å². The van der Waals surface area contributed by atoms with Gasteiger partial charge in [-0.25, -0.2) is 0 Å². The Hall–Kier alpha value is -2.00. The average Bonchev–Trinajstić information content (AvgIpc) is 2.58. The standard InChI is InChI=1S/C17H23N3O4S2/c1-11(21)25-9-16(23)19-8-15(20-17(24)10-26-12(2)22)7-13-3-5-14(18)6-4-13/h3-6,15H,7-10,18H2,1-2H3,(H,19,23)(H,20,24). The Balaban J connectivity index is 2.63. The molecule has 0 aliphatic carbocycles. The zero-order valence-electron chi connectivity index (χ0n) is 14.7. The molecule has 1 aromatic rings. The van der Waals surface area contributed by atoms with E-state index in [0.29, 0.717) is 12.1 Å². The van der Waals surface area contributed by atoms with Gasteiger partial charge in [0.2, 0.25) is 11.8 Å². The lowest BCUT2D eigenvalue weighted by atomic mass is 10.1. The van der Waals surface area contributed by atoms with Gasteiger partial charge >= 0.3 is 0 Å². The van der Waals surface area contributed by atoms with E-state index in [-0.39, 0.29) is 46.1 Å². The van der Waals surface area contributed by atoms with Crippen LogP contribution in [0.5, 0.6) is 0 Å². The van der Waals surface area contributed by atoms with Crippen LogP contribution in [0.25, 0.3) is 0 Å². The molecular formula is C17H23N3O4S2. The van der Waals surface area contributed by atoms with Crippen LogP contribution >= 0.6 is 23.5 Å². The van der Waals surface area contributed by atoms with Gasteiger partial charge in [0.15, 0.2) is 10.2 Å². The quantitative estimate of drug-likeness (QED) is 0.531. The molecule has 0 saturated heterocycles. The number of nitrogens with two attached hydrogens (primary N) is 1. The number of benzene rings is 1. The number of nitrogen functional groups attached to an aromatic ring is 1. The fourth-order valence-electron chi connectivity index (χ4n) is 2.00. The van der Waals surface area contributed by atoms with Gasteiger partial charge in [-0.3, -0.25) is 19.2 Å². The van der Waals surface area contributed by atoms with Crippen LogP contribution in [0.1, 0.15) is 19.4 Å². The third-order valence-electron chi connectivity index (χ3n) is 3.19. The summed E-state index contributed by atoms with van der Waals surface area (Å²) in [6, 6.07) is 6.90. The average molecular weight is 398 g/mol. The summed E-state index contributed by atoms with van der Waals surface area (Å²) in [5.41, 5.74) is 7.27. The maximum absolute atomic E-state index is 12.0. The van der Waals surface area contributed by atoms with Gasteiger partial charge < -0.3 is 16.4 Å². The summed E-state index contributed by atoms with van der Waals surface area (Å²) < 4.78 is 0. The minimum absolute atomic E-state index is 0.0295. The molecule has 0 spiro atoms. The number of hydrogen-bond donors (Lipinski definition) is 3. The summed E-state index contributed by atoms with van der Waals surface area (Å²) in [6.07, 6.45) is 0.497. The van der Waals surface area contributed by atoms with Crippen LogP contribution in [0.4, 0.5) is 5.69 Å². The zero-order valence-corrected chi connectivity index (χ0v) is 16.4. The Bertz CT molecular complexity index is 650. The molecule has 0 fully saturated rings. The second-order valence-electron chi connectivity index (χ2n) is 5.57. The molecule has 0 heterocycles. The molecule has 0 bridgehead atoms. The van der Waals surface area contributed by atoms with E-state index >= 15 is 0 Å². The maximum atomic E-state index is 12.0. The third-order valence-corrected chi connectivity index (χ3v) is 4.81. The normalized spacial score (nSPS) is 11.5. The highest BCUT2D eigenvalue weighted by molar-refractivity contribution is 8.14. The predicted molar refractivity (Wildman–Crippen MR) is 106 cm³/mol. The van der Waals surface area contributed by atoms with Crippen LogP contribution in [-0.2, 0) is 25.6 Å². The molecule has 0 aromatic heterocycles. The first kappa shape index (κ1) is 22.0. The van der Waals surface area contributed by atoms with E-state index in [0.717, 1.165) is 29.1 Å². The van der Waals surface area contributed by atoms with Crippen molar-refractivity contribution in [2.24, 2.45) is 0 Å². The van der Waals surface area contributed by atoms with Crippen LogP contribution in [0, 0.1) is 0 Å². The third kappa shape index (κ3) is 10.1. The minimum atomic E-state index is -0.343. The molecule has 0 saturated carbocycles. The summed E-state index contributed by atoms with van der Waals surface area (Å²) in [4.78, 5) is 45.7. The molecule has 26 heavy (non-hydrogen) atoms. The largest absolute Gasteiger partial charge is 0.399 e. The van der Waals surface area contributed by atoms with Crippen LogP contribution < -0.4 is 16.4 Å². The molecule has 0 aliphatic heterocycles. The van der Waals surface area contributed by atoms with E-state index in [2.05, 4.69) is 10.6 Å². The monoisotopic (exact) mass is 397 g/mol. The summed E-state index contributed by atoms with van der Waals surface area (Å²) in [5.74, 6) is -0.488. The van der Waals surface area contributed by atoms with Crippen molar-refractivity contribution in [3.8, 4) is 0 Å². The first-order chi connectivity index (χ1) is 12.3.